The number of para-hydroxylation sites is 1. The Bertz CT molecular complexity index is 1090. The topological polar surface area (TPSA) is 80.8 Å². The first-order chi connectivity index (χ1) is 16.5. The lowest BCUT2D eigenvalue weighted by molar-refractivity contribution is -0.00688. The maximum Gasteiger partial charge on any atom is 0.267 e. The van der Waals surface area contributed by atoms with Crippen LogP contribution in [0.3, 0.4) is 0 Å². The molecule has 184 valence electrons. The van der Waals surface area contributed by atoms with Crippen molar-refractivity contribution in [2.24, 2.45) is 17.8 Å². The average Bonchev–Trinajstić information content (AvgIpc) is 3.28. The molecule has 0 amide bonds. The number of nitrogens with zero attached hydrogens (tertiary/aromatic N) is 2. The molecule has 5 fully saturated rings. The molecule has 0 atom stereocenters. The lowest BCUT2D eigenvalue weighted by Crippen LogP contribution is -2.48. The first kappa shape index (κ1) is 22.8. The maximum absolute atomic E-state index is 13.3. The van der Waals surface area contributed by atoms with E-state index in [0.29, 0.717) is 17.5 Å². The Morgan fingerprint density at radius 3 is 2.47 bits per heavy atom. The number of anilines is 1. The van der Waals surface area contributed by atoms with E-state index < -0.39 is 10.0 Å². The molecule has 4 aliphatic carbocycles. The van der Waals surface area contributed by atoms with Crippen molar-refractivity contribution in [2.45, 2.75) is 48.8 Å². The molecule has 9 heteroatoms. The number of aromatic nitrogens is 1. The summed E-state index contributed by atoms with van der Waals surface area (Å²) in [6.07, 6.45) is 7.79. The van der Waals surface area contributed by atoms with E-state index in [1.807, 2.05) is 0 Å². The Morgan fingerprint density at radius 2 is 1.76 bits per heavy atom. The van der Waals surface area contributed by atoms with E-state index in [1.165, 1.54) is 49.9 Å². The third-order valence-corrected chi connectivity index (χ3v) is 10.5. The number of nitrogens with one attached hydrogen (secondary N) is 1. The van der Waals surface area contributed by atoms with Crippen LogP contribution >= 0.6 is 11.3 Å². The van der Waals surface area contributed by atoms with Crippen LogP contribution in [0.25, 0.3) is 0 Å². The third kappa shape index (κ3) is 4.47. The summed E-state index contributed by atoms with van der Waals surface area (Å²) >= 11 is 1.40. The standard InChI is InChI=1S/C25H33N3O4S2/c29-34(30,22-4-2-1-3-21(22)32-10-7-28-5-8-31-9-6-28)27-24-26-23(17-33-24)25-14-18-11-19(15-25)13-20(12-18)16-25/h1-4,17-20H,5-16H2,(H,26,27). The number of benzene rings is 1. The molecule has 7 rings (SSSR count). The van der Waals surface area contributed by atoms with Crippen LogP contribution in [0.4, 0.5) is 5.13 Å². The van der Waals surface area contributed by atoms with Gasteiger partial charge in [0.1, 0.15) is 17.3 Å². The molecule has 0 spiro atoms. The van der Waals surface area contributed by atoms with Gasteiger partial charge < -0.3 is 9.47 Å². The molecule has 2 aromatic rings. The second kappa shape index (κ2) is 9.08. The van der Waals surface area contributed by atoms with Gasteiger partial charge in [0.25, 0.3) is 10.0 Å². The number of morpholine rings is 1. The lowest BCUT2D eigenvalue weighted by Gasteiger charge is -2.56. The zero-order valence-electron chi connectivity index (χ0n) is 19.4. The Labute approximate surface area is 205 Å². The van der Waals surface area contributed by atoms with Crippen molar-refractivity contribution in [3.63, 3.8) is 0 Å². The van der Waals surface area contributed by atoms with Crippen LogP contribution in [0.5, 0.6) is 5.75 Å². The van der Waals surface area contributed by atoms with E-state index >= 15 is 0 Å². The Morgan fingerprint density at radius 1 is 1.09 bits per heavy atom. The van der Waals surface area contributed by atoms with Gasteiger partial charge in [0, 0.05) is 30.4 Å². The summed E-state index contributed by atoms with van der Waals surface area (Å²) in [7, 11) is -3.80. The average molecular weight is 504 g/mol. The predicted octanol–water partition coefficient (Wildman–Crippen LogP) is 4.12. The molecular formula is C25H33N3O4S2. The SMILES string of the molecule is O=S(=O)(Nc1nc(C23CC4CC(CC(C4)C2)C3)cs1)c1ccccc1OCCN1CCOCC1. The van der Waals surface area contributed by atoms with Gasteiger partial charge in [0.2, 0.25) is 0 Å². The van der Waals surface area contributed by atoms with E-state index in [4.69, 9.17) is 14.5 Å². The minimum absolute atomic E-state index is 0.156. The minimum Gasteiger partial charge on any atom is -0.491 e. The van der Waals surface area contributed by atoms with Crippen molar-refractivity contribution in [2.75, 3.05) is 44.2 Å². The lowest BCUT2D eigenvalue weighted by atomic mass is 9.49. The highest BCUT2D eigenvalue weighted by molar-refractivity contribution is 7.93. The van der Waals surface area contributed by atoms with E-state index in [9.17, 15) is 8.42 Å². The fraction of sp³-hybridized carbons (Fsp3) is 0.640. The van der Waals surface area contributed by atoms with Crippen LogP contribution in [0.15, 0.2) is 34.5 Å². The van der Waals surface area contributed by atoms with Gasteiger partial charge in [-0.05, 0) is 68.4 Å². The van der Waals surface area contributed by atoms with E-state index in [0.717, 1.165) is 56.3 Å². The number of thiazole rings is 1. The summed E-state index contributed by atoms with van der Waals surface area (Å²) in [5.41, 5.74) is 1.26. The normalized spacial score (nSPS) is 31.0. The molecule has 1 aromatic heterocycles. The number of sulfonamides is 1. The number of ether oxygens (including phenoxy) is 2. The maximum atomic E-state index is 13.3. The minimum atomic E-state index is -3.80. The smallest absolute Gasteiger partial charge is 0.267 e. The number of hydrogen-bond acceptors (Lipinski definition) is 7. The van der Waals surface area contributed by atoms with Gasteiger partial charge in [-0.3, -0.25) is 9.62 Å². The second-order valence-electron chi connectivity index (χ2n) is 10.6. The molecule has 1 aromatic carbocycles. The van der Waals surface area contributed by atoms with Crippen LogP contribution in [0.2, 0.25) is 0 Å². The zero-order chi connectivity index (χ0) is 23.2. The van der Waals surface area contributed by atoms with E-state index in [1.54, 1.807) is 24.3 Å². The van der Waals surface area contributed by atoms with Crippen LogP contribution in [0.1, 0.15) is 44.2 Å². The molecule has 0 unspecified atom stereocenters. The van der Waals surface area contributed by atoms with Crippen molar-refractivity contribution in [3.05, 3.63) is 35.3 Å². The fourth-order valence-corrected chi connectivity index (χ4v) is 9.29. The van der Waals surface area contributed by atoms with Gasteiger partial charge in [0.15, 0.2) is 5.13 Å². The van der Waals surface area contributed by atoms with Crippen molar-refractivity contribution < 1.29 is 17.9 Å². The highest BCUT2D eigenvalue weighted by Gasteiger charge is 2.52. The Kier molecular flexibility index (Phi) is 6.08. The van der Waals surface area contributed by atoms with Crippen LogP contribution < -0.4 is 9.46 Å². The van der Waals surface area contributed by atoms with Gasteiger partial charge >= 0.3 is 0 Å². The molecule has 1 N–H and O–H groups in total. The summed E-state index contributed by atoms with van der Waals surface area (Å²) in [6.45, 7) is 4.38. The van der Waals surface area contributed by atoms with Gasteiger partial charge in [0.05, 0.1) is 18.9 Å². The number of hydrogen-bond donors (Lipinski definition) is 1. The third-order valence-electron chi connectivity index (χ3n) is 8.21. The molecule has 2 heterocycles. The van der Waals surface area contributed by atoms with Crippen molar-refractivity contribution in [3.8, 4) is 5.75 Å². The molecule has 4 saturated carbocycles. The van der Waals surface area contributed by atoms with Gasteiger partial charge in [-0.25, -0.2) is 13.4 Å². The first-order valence-electron chi connectivity index (χ1n) is 12.5. The predicted molar refractivity (Wildman–Crippen MR) is 132 cm³/mol. The van der Waals surface area contributed by atoms with Crippen LogP contribution in [-0.2, 0) is 20.2 Å². The second-order valence-corrected chi connectivity index (χ2v) is 13.1. The molecule has 1 saturated heterocycles. The van der Waals surface area contributed by atoms with E-state index in [-0.39, 0.29) is 10.3 Å². The number of rotatable bonds is 8. The molecule has 5 aliphatic rings. The monoisotopic (exact) mass is 503 g/mol. The summed E-state index contributed by atoms with van der Waals surface area (Å²) in [6, 6.07) is 6.85. The molecule has 1 aliphatic heterocycles. The van der Waals surface area contributed by atoms with Crippen molar-refractivity contribution in [1.82, 2.24) is 9.88 Å². The summed E-state index contributed by atoms with van der Waals surface area (Å²) < 4.78 is 40.6. The molecule has 34 heavy (non-hydrogen) atoms. The van der Waals surface area contributed by atoms with Gasteiger partial charge in [-0.2, -0.15) is 0 Å². The molecule has 0 radical (unpaired) electrons. The van der Waals surface area contributed by atoms with Crippen molar-refractivity contribution in [1.29, 1.82) is 0 Å². The summed E-state index contributed by atoms with van der Waals surface area (Å²) in [5.74, 6) is 2.86. The fourth-order valence-electron chi connectivity index (χ4n) is 7.06. The first-order valence-corrected chi connectivity index (χ1v) is 14.9. The molecular weight excluding hydrogens is 470 g/mol. The summed E-state index contributed by atoms with van der Waals surface area (Å²) in [4.78, 5) is 7.25. The van der Waals surface area contributed by atoms with Crippen molar-refractivity contribution >= 4 is 26.5 Å². The van der Waals surface area contributed by atoms with Crippen LogP contribution in [-0.4, -0.2) is 57.8 Å². The van der Waals surface area contributed by atoms with Gasteiger partial charge in [-0.1, -0.05) is 12.1 Å². The Balaban J connectivity index is 1.15. The van der Waals surface area contributed by atoms with E-state index in [2.05, 4.69) is 15.0 Å². The summed E-state index contributed by atoms with van der Waals surface area (Å²) in [5, 5.41) is 2.55. The van der Waals surface area contributed by atoms with Gasteiger partial charge in [-0.15, -0.1) is 11.3 Å². The molecule has 4 bridgehead atoms. The van der Waals surface area contributed by atoms with Crippen LogP contribution in [0, 0.1) is 17.8 Å². The Hall–Kier alpha value is -1.68. The highest BCUT2D eigenvalue weighted by atomic mass is 32.2. The largest absolute Gasteiger partial charge is 0.491 e. The highest BCUT2D eigenvalue weighted by Crippen LogP contribution is 2.60. The molecule has 7 nitrogen and oxygen atoms in total. The quantitative estimate of drug-likeness (QED) is 0.584. The zero-order valence-corrected chi connectivity index (χ0v) is 21.1.